The number of carbonyl (C=O) groups is 1. The van der Waals surface area contributed by atoms with Crippen LogP contribution in [0.3, 0.4) is 0 Å². The van der Waals surface area contributed by atoms with Crippen LogP contribution in [0.2, 0.25) is 0 Å². The highest BCUT2D eigenvalue weighted by Crippen LogP contribution is 2.15. The molecule has 0 spiro atoms. The average molecular weight is 378 g/mol. The number of anilines is 1. The predicted octanol–water partition coefficient (Wildman–Crippen LogP) is 3.93. The van der Waals surface area contributed by atoms with E-state index >= 15 is 0 Å². The normalized spacial score (nSPS) is 10.7. The topological polar surface area (TPSA) is 75.3 Å². The van der Waals surface area contributed by atoms with Crippen molar-refractivity contribution in [2.45, 2.75) is 26.5 Å². The van der Waals surface area contributed by atoms with Crippen molar-refractivity contribution in [3.05, 3.63) is 66.2 Å². The van der Waals surface area contributed by atoms with Crippen LogP contribution in [-0.4, -0.2) is 30.2 Å². The first-order valence-electron chi connectivity index (χ1n) is 9.47. The van der Waals surface area contributed by atoms with Crippen molar-refractivity contribution in [1.29, 1.82) is 0 Å². The standard InChI is InChI=1S/C22H26N4O2/c1-16(2)28-19-8-5-6-17(14-19)15-25-22(27)24-13-12-23-21-11-10-18-7-3-4-9-20(18)26-21/h3-11,14,16H,12-13,15H2,1-2H3,(H,23,26)(H2,24,25,27). The van der Waals surface area contributed by atoms with E-state index in [-0.39, 0.29) is 12.1 Å². The van der Waals surface area contributed by atoms with Crippen molar-refractivity contribution in [2.24, 2.45) is 0 Å². The molecule has 0 aliphatic carbocycles. The van der Waals surface area contributed by atoms with E-state index in [4.69, 9.17) is 4.74 Å². The van der Waals surface area contributed by atoms with E-state index in [1.54, 1.807) is 0 Å². The molecular formula is C22H26N4O2. The summed E-state index contributed by atoms with van der Waals surface area (Å²) in [6, 6.07) is 19.5. The number of para-hydroxylation sites is 1. The molecule has 1 heterocycles. The van der Waals surface area contributed by atoms with Gasteiger partial charge in [-0.05, 0) is 49.7 Å². The average Bonchev–Trinajstić information content (AvgIpc) is 2.69. The summed E-state index contributed by atoms with van der Waals surface area (Å²) in [6.45, 7) is 5.51. The lowest BCUT2D eigenvalue weighted by molar-refractivity contribution is 0.239. The van der Waals surface area contributed by atoms with Gasteiger partial charge in [0.25, 0.3) is 0 Å². The van der Waals surface area contributed by atoms with Crippen LogP contribution in [0.25, 0.3) is 10.9 Å². The summed E-state index contributed by atoms with van der Waals surface area (Å²) in [5.41, 5.74) is 1.94. The molecule has 6 heteroatoms. The summed E-state index contributed by atoms with van der Waals surface area (Å²) in [5.74, 6) is 1.60. The van der Waals surface area contributed by atoms with Gasteiger partial charge in [-0.15, -0.1) is 0 Å². The molecule has 3 N–H and O–H groups in total. The lowest BCUT2D eigenvalue weighted by atomic mass is 10.2. The molecule has 0 saturated heterocycles. The van der Waals surface area contributed by atoms with Crippen molar-refractivity contribution in [3.8, 4) is 5.75 Å². The molecule has 6 nitrogen and oxygen atoms in total. The van der Waals surface area contributed by atoms with E-state index in [9.17, 15) is 4.79 Å². The van der Waals surface area contributed by atoms with Gasteiger partial charge in [-0.2, -0.15) is 0 Å². The molecule has 0 aliphatic heterocycles. The molecule has 0 saturated carbocycles. The summed E-state index contributed by atoms with van der Waals surface area (Å²) in [5, 5.41) is 10.0. The maximum Gasteiger partial charge on any atom is 0.315 e. The van der Waals surface area contributed by atoms with Gasteiger partial charge in [0.1, 0.15) is 11.6 Å². The molecule has 0 radical (unpaired) electrons. The van der Waals surface area contributed by atoms with Crippen molar-refractivity contribution in [2.75, 3.05) is 18.4 Å². The molecule has 0 aliphatic rings. The van der Waals surface area contributed by atoms with Gasteiger partial charge in [0.05, 0.1) is 11.6 Å². The second kappa shape index (κ2) is 9.60. The Kier molecular flexibility index (Phi) is 6.68. The van der Waals surface area contributed by atoms with E-state index in [0.29, 0.717) is 19.6 Å². The monoisotopic (exact) mass is 378 g/mol. The van der Waals surface area contributed by atoms with Gasteiger partial charge in [-0.1, -0.05) is 30.3 Å². The largest absolute Gasteiger partial charge is 0.491 e. The number of ether oxygens (including phenoxy) is 1. The smallest absolute Gasteiger partial charge is 0.315 e. The van der Waals surface area contributed by atoms with Gasteiger partial charge < -0.3 is 20.7 Å². The molecule has 0 bridgehead atoms. The van der Waals surface area contributed by atoms with Gasteiger partial charge in [-0.3, -0.25) is 0 Å². The Balaban J connectivity index is 1.38. The fourth-order valence-electron chi connectivity index (χ4n) is 2.78. The van der Waals surface area contributed by atoms with Crippen molar-refractivity contribution < 1.29 is 9.53 Å². The Morgan fingerprint density at radius 2 is 1.86 bits per heavy atom. The van der Waals surface area contributed by atoms with Gasteiger partial charge in [0.15, 0.2) is 0 Å². The summed E-state index contributed by atoms with van der Waals surface area (Å²) in [4.78, 5) is 16.5. The van der Waals surface area contributed by atoms with Crippen LogP contribution in [0, 0.1) is 0 Å². The minimum Gasteiger partial charge on any atom is -0.491 e. The second-order valence-corrected chi connectivity index (χ2v) is 6.74. The van der Waals surface area contributed by atoms with E-state index in [0.717, 1.165) is 28.0 Å². The first-order valence-corrected chi connectivity index (χ1v) is 9.47. The lowest BCUT2D eigenvalue weighted by Gasteiger charge is -2.12. The summed E-state index contributed by atoms with van der Waals surface area (Å²) < 4.78 is 5.67. The minimum absolute atomic E-state index is 0.121. The van der Waals surface area contributed by atoms with Crippen molar-refractivity contribution >= 4 is 22.8 Å². The van der Waals surface area contributed by atoms with Gasteiger partial charge in [0.2, 0.25) is 0 Å². The number of amides is 2. The number of aromatic nitrogens is 1. The maximum absolute atomic E-state index is 12.0. The first kappa shape index (κ1) is 19.5. The zero-order valence-corrected chi connectivity index (χ0v) is 16.2. The van der Waals surface area contributed by atoms with Crippen LogP contribution in [0.1, 0.15) is 19.4 Å². The molecule has 0 unspecified atom stereocenters. The molecule has 2 aromatic carbocycles. The Morgan fingerprint density at radius 1 is 1.00 bits per heavy atom. The molecule has 2 amide bonds. The predicted molar refractivity (Wildman–Crippen MR) is 113 cm³/mol. The number of urea groups is 1. The minimum atomic E-state index is -0.205. The third kappa shape index (κ3) is 5.87. The number of carbonyl (C=O) groups excluding carboxylic acids is 1. The zero-order chi connectivity index (χ0) is 19.8. The fraction of sp³-hybridized carbons (Fsp3) is 0.273. The Hall–Kier alpha value is -3.28. The Morgan fingerprint density at radius 3 is 2.71 bits per heavy atom. The zero-order valence-electron chi connectivity index (χ0n) is 16.2. The number of fused-ring (bicyclic) bond motifs is 1. The Bertz CT molecular complexity index is 927. The number of hydrogen-bond acceptors (Lipinski definition) is 4. The third-order valence-corrected chi connectivity index (χ3v) is 4.04. The van der Waals surface area contributed by atoms with Crippen molar-refractivity contribution in [1.82, 2.24) is 15.6 Å². The SMILES string of the molecule is CC(C)Oc1cccc(CNC(=O)NCCNc2ccc3ccccc3n2)c1. The second-order valence-electron chi connectivity index (χ2n) is 6.74. The molecule has 3 aromatic rings. The van der Waals surface area contributed by atoms with E-state index in [1.165, 1.54) is 0 Å². The number of rotatable bonds is 8. The quantitative estimate of drug-likeness (QED) is 0.519. The highest BCUT2D eigenvalue weighted by atomic mass is 16.5. The highest BCUT2D eigenvalue weighted by Gasteiger charge is 2.03. The van der Waals surface area contributed by atoms with Gasteiger partial charge in [-0.25, -0.2) is 9.78 Å². The number of hydrogen-bond donors (Lipinski definition) is 3. The molecule has 1 aromatic heterocycles. The van der Waals surface area contributed by atoms with Gasteiger partial charge >= 0.3 is 6.03 Å². The molecule has 146 valence electrons. The number of nitrogens with one attached hydrogen (secondary N) is 3. The maximum atomic E-state index is 12.0. The summed E-state index contributed by atoms with van der Waals surface area (Å²) in [6.07, 6.45) is 0.121. The molecule has 0 fully saturated rings. The lowest BCUT2D eigenvalue weighted by Crippen LogP contribution is -2.37. The third-order valence-electron chi connectivity index (χ3n) is 4.04. The Labute approximate surface area is 165 Å². The number of nitrogens with zero attached hydrogens (tertiary/aromatic N) is 1. The van der Waals surface area contributed by atoms with Crippen LogP contribution >= 0.6 is 0 Å². The highest BCUT2D eigenvalue weighted by molar-refractivity contribution is 5.80. The summed E-state index contributed by atoms with van der Waals surface area (Å²) >= 11 is 0. The molecule has 28 heavy (non-hydrogen) atoms. The van der Waals surface area contributed by atoms with E-state index in [2.05, 4.69) is 20.9 Å². The van der Waals surface area contributed by atoms with Crippen LogP contribution in [0.5, 0.6) is 5.75 Å². The summed E-state index contributed by atoms with van der Waals surface area (Å²) in [7, 11) is 0. The molecule has 0 atom stereocenters. The van der Waals surface area contributed by atoms with Crippen molar-refractivity contribution in [3.63, 3.8) is 0 Å². The van der Waals surface area contributed by atoms with Crippen LogP contribution < -0.4 is 20.7 Å². The molecular weight excluding hydrogens is 352 g/mol. The van der Waals surface area contributed by atoms with Crippen LogP contribution in [0.15, 0.2) is 60.7 Å². The number of benzene rings is 2. The fourth-order valence-corrected chi connectivity index (χ4v) is 2.78. The van der Waals surface area contributed by atoms with Gasteiger partial charge in [0, 0.05) is 25.0 Å². The van der Waals surface area contributed by atoms with E-state index in [1.807, 2.05) is 74.5 Å². The number of pyridine rings is 1. The molecule has 3 rings (SSSR count). The van der Waals surface area contributed by atoms with Crippen LogP contribution in [0.4, 0.5) is 10.6 Å². The first-order chi connectivity index (χ1) is 13.6. The van der Waals surface area contributed by atoms with E-state index < -0.39 is 0 Å². The van der Waals surface area contributed by atoms with Crippen LogP contribution in [-0.2, 0) is 6.54 Å².